The molecule has 126 valence electrons. The number of rotatable bonds is 7. The van der Waals surface area contributed by atoms with E-state index in [9.17, 15) is 9.59 Å². The van der Waals surface area contributed by atoms with Gasteiger partial charge in [-0.3, -0.25) is 9.59 Å². The van der Waals surface area contributed by atoms with Gasteiger partial charge >= 0.3 is 0 Å². The van der Waals surface area contributed by atoms with Gasteiger partial charge in [0, 0.05) is 36.7 Å². The first-order valence-corrected chi connectivity index (χ1v) is 8.16. The third kappa shape index (κ3) is 4.64. The maximum atomic E-state index is 12.0. The molecule has 0 radical (unpaired) electrons. The van der Waals surface area contributed by atoms with Crippen molar-refractivity contribution in [1.29, 1.82) is 0 Å². The van der Waals surface area contributed by atoms with Crippen molar-refractivity contribution < 1.29 is 9.59 Å². The Bertz CT molecular complexity index is 842. The van der Waals surface area contributed by atoms with Crippen LogP contribution in [0.1, 0.15) is 28.8 Å². The molecule has 0 aliphatic heterocycles. The van der Waals surface area contributed by atoms with E-state index in [1.54, 1.807) is 23.0 Å². The van der Waals surface area contributed by atoms with E-state index in [1.165, 1.54) is 0 Å². The Hall–Kier alpha value is -3.21. The van der Waals surface area contributed by atoms with Crippen LogP contribution in [0.5, 0.6) is 0 Å². The van der Waals surface area contributed by atoms with E-state index >= 15 is 0 Å². The van der Waals surface area contributed by atoms with Crippen molar-refractivity contribution in [3.8, 4) is 5.69 Å². The van der Waals surface area contributed by atoms with Crippen molar-refractivity contribution in [1.82, 2.24) is 15.1 Å². The Labute approximate surface area is 146 Å². The molecule has 1 heterocycles. The summed E-state index contributed by atoms with van der Waals surface area (Å²) in [5.74, 6) is -0.163. The number of Topliss-reactive ketones (excluding diaryl/α,β-unsaturated/α-hetero) is 1. The van der Waals surface area contributed by atoms with Gasteiger partial charge in [0.1, 0.15) is 0 Å². The second kappa shape index (κ2) is 8.06. The molecular formula is C20H19N3O2. The van der Waals surface area contributed by atoms with Crippen molar-refractivity contribution >= 4 is 11.7 Å². The molecule has 0 saturated carbocycles. The molecule has 0 fully saturated rings. The number of carbonyl (C=O) groups excluding carboxylic acids is 2. The number of amides is 1. The summed E-state index contributed by atoms with van der Waals surface area (Å²) in [5, 5.41) is 7.12. The average Bonchev–Trinajstić information content (AvgIpc) is 3.15. The lowest BCUT2D eigenvalue weighted by Crippen LogP contribution is -2.23. The maximum absolute atomic E-state index is 12.0. The predicted molar refractivity (Wildman–Crippen MR) is 95.4 cm³/mol. The number of para-hydroxylation sites is 1. The minimum Gasteiger partial charge on any atom is -0.352 e. The Balaban J connectivity index is 1.47. The number of hydrogen-bond donors (Lipinski definition) is 1. The minimum absolute atomic E-state index is 0.0207. The molecule has 5 nitrogen and oxygen atoms in total. The number of nitrogens with zero attached hydrogens (tertiary/aromatic N) is 2. The number of nitrogens with one attached hydrogen (secondary N) is 1. The van der Waals surface area contributed by atoms with E-state index in [2.05, 4.69) is 10.4 Å². The second-order valence-corrected chi connectivity index (χ2v) is 5.69. The summed E-state index contributed by atoms with van der Waals surface area (Å²) in [6, 6.07) is 18.8. The lowest BCUT2D eigenvalue weighted by Gasteiger charge is -2.04. The Morgan fingerprint density at radius 1 is 0.920 bits per heavy atom. The molecule has 0 aliphatic carbocycles. The standard InChI is InChI=1S/C20H19N3O2/c24-19(17-7-3-1-4-8-17)11-12-20(25)21-13-16-14-22-23(15-16)18-9-5-2-6-10-18/h1-10,14-15H,11-13H2,(H,21,25). The van der Waals surface area contributed by atoms with Gasteiger partial charge in [-0.2, -0.15) is 5.10 Å². The van der Waals surface area contributed by atoms with Crippen molar-refractivity contribution in [2.75, 3.05) is 0 Å². The quantitative estimate of drug-likeness (QED) is 0.676. The topological polar surface area (TPSA) is 64.0 Å². The molecule has 2 aromatic carbocycles. The fraction of sp³-hybridized carbons (Fsp3) is 0.150. The van der Waals surface area contributed by atoms with Crippen LogP contribution in [0, 0.1) is 0 Å². The first-order valence-electron chi connectivity index (χ1n) is 8.16. The van der Waals surface area contributed by atoms with Crippen LogP contribution in [0.15, 0.2) is 73.1 Å². The number of carbonyl (C=O) groups is 2. The molecule has 1 N–H and O–H groups in total. The van der Waals surface area contributed by atoms with Crippen molar-refractivity contribution in [2.24, 2.45) is 0 Å². The number of aromatic nitrogens is 2. The normalized spacial score (nSPS) is 10.4. The van der Waals surface area contributed by atoms with Gasteiger partial charge < -0.3 is 5.32 Å². The summed E-state index contributed by atoms with van der Waals surface area (Å²) in [7, 11) is 0. The van der Waals surface area contributed by atoms with Gasteiger partial charge in [-0.25, -0.2) is 4.68 Å². The zero-order valence-corrected chi connectivity index (χ0v) is 13.8. The molecule has 5 heteroatoms. The molecule has 0 bridgehead atoms. The summed E-state index contributed by atoms with van der Waals surface area (Å²) < 4.78 is 1.76. The first-order chi connectivity index (χ1) is 12.2. The van der Waals surface area contributed by atoms with Gasteiger partial charge in [0.05, 0.1) is 11.9 Å². The molecule has 0 saturated heterocycles. The summed E-state index contributed by atoms with van der Waals surface area (Å²) in [5.41, 5.74) is 2.51. The third-order valence-electron chi connectivity index (χ3n) is 3.82. The lowest BCUT2D eigenvalue weighted by atomic mass is 10.1. The molecule has 0 aliphatic rings. The van der Waals surface area contributed by atoms with Crippen LogP contribution in [0.4, 0.5) is 0 Å². The van der Waals surface area contributed by atoms with Crippen LogP contribution in [0.2, 0.25) is 0 Å². The average molecular weight is 333 g/mol. The Kier molecular flexibility index (Phi) is 5.36. The van der Waals surface area contributed by atoms with E-state index in [0.29, 0.717) is 12.1 Å². The monoisotopic (exact) mass is 333 g/mol. The Morgan fingerprint density at radius 2 is 1.60 bits per heavy atom. The molecule has 3 aromatic rings. The van der Waals surface area contributed by atoms with Crippen LogP contribution in [-0.2, 0) is 11.3 Å². The van der Waals surface area contributed by atoms with Crippen molar-refractivity contribution in [2.45, 2.75) is 19.4 Å². The SMILES string of the molecule is O=C(CCC(=O)c1ccccc1)NCc1cnn(-c2ccccc2)c1. The largest absolute Gasteiger partial charge is 0.352 e. The summed E-state index contributed by atoms with van der Waals surface area (Å²) >= 11 is 0. The molecule has 1 amide bonds. The molecule has 0 unspecified atom stereocenters. The zero-order chi connectivity index (χ0) is 17.5. The second-order valence-electron chi connectivity index (χ2n) is 5.69. The van der Waals surface area contributed by atoms with E-state index in [4.69, 9.17) is 0 Å². The van der Waals surface area contributed by atoms with E-state index < -0.39 is 0 Å². The van der Waals surface area contributed by atoms with Crippen LogP contribution in [0.25, 0.3) is 5.69 Å². The zero-order valence-electron chi connectivity index (χ0n) is 13.8. The number of benzene rings is 2. The van der Waals surface area contributed by atoms with Crippen LogP contribution in [0.3, 0.4) is 0 Å². The molecule has 25 heavy (non-hydrogen) atoms. The smallest absolute Gasteiger partial charge is 0.220 e. The van der Waals surface area contributed by atoms with Gasteiger partial charge in [0.2, 0.25) is 5.91 Å². The maximum Gasteiger partial charge on any atom is 0.220 e. The third-order valence-corrected chi connectivity index (χ3v) is 3.82. The van der Waals surface area contributed by atoms with E-state index in [-0.39, 0.29) is 24.5 Å². The van der Waals surface area contributed by atoms with E-state index in [0.717, 1.165) is 11.3 Å². The van der Waals surface area contributed by atoms with Gasteiger partial charge in [-0.05, 0) is 12.1 Å². The molecular weight excluding hydrogens is 314 g/mol. The predicted octanol–water partition coefficient (Wildman–Crippen LogP) is 3.15. The molecule has 3 rings (SSSR count). The minimum atomic E-state index is -0.142. The number of hydrogen-bond acceptors (Lipinski definition) is 3. The van der Waals surface area contributed by atoms with Crippen LogP contribution >= 0.6 is 0 Å². The van der Waals surface area contributed by atoms with Gasteiger partial charge in [0.25, 0.3) is 0 Å². The highest BCUT2D eigenvalue weighted by Crippen LogP contribution is 2.08. The molecule has 1 aromatic heterocycles. The van der Waals surface area contributed by atoms with Crippen LogP contribution < -0.4 is 5.32 Å². The van der Waals surface area contributed by atoms with Gasteiger partial charge in [0.15, 0.2) is 5.78 Å². The molecule has 0 spiro atoms. The first kappa shape index (κ1) is 16.6. The lowest BCUT2D eigenvalue weighted by molar-refractivity contribution is -0.121. The highest BCUT2D eigenvalue weighted by molar-refractivity contribution is 5.97. The fourth-order valence-electron chi connectivity index (χ4n) is 2.46. The van der Waals surface area contributed by atoms with Crippen molar-refractivity contribution in [3.63, 3.8) is 0 Å². The highest BCUT2D eigenvalue weighted by atomic mass is 16.2. The number of ketones is 1. The van der Waals surface area contributed by atoms with Gasteiger partial charge in [-0.15, -0.1) is 0 Å². The molecule has 0 atom stereocenters. The van der Waals surface area contributed by atoms with Crippen molar-refractivity contribution in [3.05, 3.63) is 84.2 Å². The van der Waals surface area contributed by atoms with Crippen LogP contribution in [-0.4, -0.2) is 21.5 Å². The van der Waals surface area contributed by atoms with E-state index in [1.807, 2.05) is 54.7 Å². The summed E-state index contributed by atoms with van der Waals surface area (Å²) in [6.45, 7) is 0.394. The summed E-state index contributed by atoms with van der Waals surface area (Å²) in [6.07, 6.45) is 3.99. The fourth-order valence-corrected chi connectivity index (χ4v) is 2.46. The van der Waals surface area contributed by atoms with Gasteiger partial charge in [-0.1, -0.05) is 48.5 Å². The Morgan fingerprint density at radius 3 is 2.32 bits per heavy atom. The highest BCUT2D eigenvalue weighted by Gasteiger charge is 2.09. The summed E-state index contributed by atoms with van der Waals surface area (Å²) in [4.78, 5) is 23.9.